The molecule has 0 aliphatic carbocycles. The lowest BCUT2D eigenvalue weighted by Gasteiger charge is -2.12. The molecule has 3 nitrogen and oxygen atoms in total. The first-order valence-electron chi connectivity index (χ1n) is 5.76. The van der Waals surface area contributed by atoms with Crippen LogP contribution in [-0.2, 0) is 0 Å². The second-order valence-electron chi connectivity index (χ2n) is 4.48. The van der Waals surface area contributed by atoms with Gasteiger partial charge in [-0.15, -0.1) is 0 Å². The first kappa shape index (κ1) is 12.5. The van der Waals surface area contributed by atoms with E-state index in [0.717, 1.165) is 23.6 Å². The minimum Gasteiger partial charge on any atom is -0.368 e. The van der Waals surface area contributed by atoms with Gasteiger partial charge < -0.3 is 5.32 Å². The van der Waals surface area contributed by atoms with Crippen molar-refractivity contribution in [3.05, 3.63) is 41.6 Å². The molecule has 0 saturated heterocycles. The van der Waals surface area contributed by atoms with Crippen molar-refractivity contribution in [1.29, 1.82) is 0 Å². The smallest absolute Gasteiger partial charge is 0.160 e. The van der Waals surface area contributed by atoms with E-state index in [-0.39, 0.29) is 6.04 Å². The number of benzene rings is 1. The van der Waals surface area contributed by atoms with Crippen LogP contribution in [0.25, 0.3) is 5.69 Å². The first-order valence-corrected chi connectivity index (χ1v) is 5.76. The molecule has 0 saturated carbocycles. The number of aryl methyl sites for hydroxylation is 1. The zero-order chi connectivity index (χ0) is 13.3. The molecule has 0 fully saturated rings. The van der Waals surface area contributed by atoms with Crippen molar-refractivity contribution in [2.24, 2.45) is 0 Å². The summed E-state index contributed by atoms with van der Waals surface area (Å²) < 4.78 is 27.7. The van der Waals surface area contributed by atoms with Crippen LogP contribution in [0.3, 0.4) is 0 Å². The molecule has 0 bridgehead atoms. The average Bonchev–Trinajstić information content (AvgIpc) is 2.62. The lowest BCUT2D eigenvalue weighted by molar-refractivity contribution is 0.507. The van der Waals surface area contributed by atoms with Crippen LogP contribution in [-0.4, -0.2) is 15.8 Å². The number of hydrogen-bond acceptors (Lipinski definition) is 2. The van der Waals surface area contributed by atoms with Gasteiger partial charge in [0.05, 0.1) is 11.4 Å². The van der Waals surface area contributed by atoms with Crippen LogP contribution in [0.5, 0.6) is 0 Å². The summed E-state index contributed by atoms with van der Waals surface area (Å²) in [5.74, 6) is -0.981. The molecule has 1 heterocycles. The second kappa shape index (κ2) is 4.76. The molecule has 2 aromatic rings. The Kier molecular flexibility index (Phi) is 3.32. The monoisotopic (exact) mass is 251 g/mol. The van der Waals surface area contributed by atoms with E-state index < -0.39 is 11.6 Å². The summed E-state index contributed by atoms with van der Waals surface area (Å²) >= 11 is 0. The fraction of sp³-hybridized carbons (Fsp3) is 0.308. The molecular formula is C13H15F2N3. The molecule has 18 heavy (non-hydrogen) atoms. The lowest BCUT2D eigenvalue weighted by atomic mass is 10.3. The van der Waals surface area contributed by atoms with E-state index in [0.29, 0.717) is 5.69 Å². The highest BCUT2D eigenvalue weighted by molar-refractivity contribution is 5.46. The third kappa shape index (κ3) is 2.50. The molecule has 96 valence electrons. The van der Waals surface area contributed by atoms with Crippen molar-refractivity contribution < 1.29 is 8.78 Å². The van der Waals surface area contributed by atoms with E-state index >= 15 is 0 Å². The molecular weight excluding hydrogens is 236 g/mol. The number of anilines is 1. The zero-order valence-electron chi connectivity index (χ0n) is 10.5. The third-order valence-electron chi connectivity index (χ3n) is 2.42. The van der Waals surface area contributed by atoms with E-state index in [1.54, 1.807) is 4.68 Å². The first-order chi connectivity index (χ1) is 8.47. The summed E-state index contributed by atoms with van der Waals surface area (Å²) in [6.45, 7) is 5.84. The topological polar surface area (TPSA) is 29.9 Å². The fourth-order valence-electron chi connectivity index (χ4n) is 1.71. The standard InChI is InChI=1S/C13H15F2N3/c1-8(2)16-13-6-9(3)17-18(13)10-4-5-11(14)12(15)7-10/h4-8,16H,1-3H3. The molecule has 0 aliphatic heterocycles. The highest BCUT2D eigenvalue weighted by Gasteiger charge is 2.10. The van der Waals surface area contributed by atoms with Gasteiger partial charge in [0, 0.05) is 18.2 Å². The third-order valence-corrected chi connectivity index (χ3v) is 2.42. The predicted octanol–water partition coefficient (Wildman–Crippen LogP) is 3.28. The van der Waals surface area contributed by atoms with Gasteiger partial charge in [-0.2, -0.15) is 5.10 Å². The number of nitrogens with zero attached hydrogens (tertiary/aromatic N) is 2. The summed E-state index contributed by atoms with van der Waals surface area (Å²) in [4.78, 5) is 0. The minimum atomic E-state index is -0.879. The highest BCUT2D eigenvalue weighted by atomic mass is 19.2. The van der Waals surface area contributed by atoms with Crippen LogP contribution >= 0.6 is 0 Å². The van der Waals surface area contributed by atoms with Crippen molar-refractivity contribution in [3.8, 4) is 5.69 Å². The Morgan fingerprint density at radius 2 is 1.89 bits per heavy atom. The second-order valence-corrected chi connectivity index (χ2v) is 4.48. The molecule has 5 heteroatoms. The van der Waals surface area contributed by atoms with Crippen molar-refractivity contribution in [2.75, 3.05) is 5.32 Å². The summed E-state index contributed by atoms with van der Waals surface area (Å²) in [6.07, 6.45) is 0. The van der Waals surface area contributed by atoms with Gasteiger partial charge in [-0.05, 0) is 32.9 Å². The van der Waals surface area contributed by atoms with Gasteiger partial charge in [0.2, 0.25) is 0 Å². The largest absolute Gasteiger partial charge is 0.368 e. The van der Waals surface area contributed by atoms with Crippen molar-refractivity contribution in [3.63, 3.8) is 0 Å². The van der Waals surface area contributed by atoms with Gasteiger partial charge in [-0.25, -0.2) is 13.5 Å². The predicted molar refractivity (Wildman–Crippen MR) is 67.0 cm³/mol. The van der Waals surface area contributed by atoms with Crippen LogP contribution in [0.1, 0.15) is 19.5 Å². The molecule has 0 amide bonds. The number of halogens is 2. The van der Waals surface area contributed by atoms with Crippen LogP contribution in [0.15, 0.2) is 24.3 Å². The molecule has 0 radical (unpaired) electrons. The van der Waals surface area contributed by atoms with Crippen molar-refractivity contribution >= 4 is 5.82 Å². The van der Waals surface area contributed by atoms with Crippen molar-refractivity contribution in [2.45, 2.75) is 26.8 Å². The maximum atomic E-state index is 13.2. The SMILES string of the molecule is Cc1cc(NC(C)C)n(-c2ccc(F)c(F)c2)n1. The Morgan fingerprint density at radius 3 is 2.50 bits per heavy atom. The molecule has 1 aromatic carbocycles. The Labute approximate surface area is 104 Å². The van der Waals surface area contributed by atoms with Crippen LogP contribution < -0.4 is 5.32 Å². The van der Waals surface area contributed by atoms with Crippen molar-refractivity contribution in [1.82, 2.24) is 9.78 Å². The summed E-state index contributed by atoms with van der Waals surface area (Å²) in [5, 5.41) is 7.48. The molecule has 0 atom stereocenters. The molecule has 0 aliphatic rings. The molecule has 2 rings (SSSR count). The van der Waals surface area contributed by atoms with E-state index in [1.165, 1.54) is 6.07 Å². The Balaban J connectivity index is 2.45. The normalized spacial score (nSPS) is 11.0. The quantitative estimate of drug-likeness (QED) is 0.907. The number of nitrogens with one attached hydrogen (secondary N) is 1. The van der Waals surface area contributed by atoms with Gasteiger partial charge in [0.1, 0.15) is 5.82 Å². The number of rotatable bonds is 3. The summed E-state index contributed by atoms with van der Waals surface area (Å²) in [5.41, 5.74) is 1.30. The number of aromatic nitrogens is 2. The molecule has 0 unspecified atom stereocenters. The average molecular weight is 251 g/mol. The van der Waals surface area contributed by atoms with Crippen LogP contribution in [0.4, 0.5) is 14.6 Å². The van der Waals surface area contributed by atoms with Gasteiger partial charge in [0.15, 0.2) is 11.6 Å². The fourth-order valence-corrected chi connectivity index (χ4v) is 1.71. The van der Waals surface area contributed by atoms with E-state index in [9.17, 15) is 8.78 Å². The number of hydrogen-bond donors (Lipinski definition) is 1. The van der Waals surface area contributed by atoms with E-state index in [4.69, 9.17) is 0 Å². The van der Waals surface area contributed by atoms with Crippen LogP contribution in [0.2, 0.25) is 0 Å². The van der Waals surface area contributed by atoms with Gasteiger partial charge in [0.25, 0.3) is 0 Å². The Morgan fingerprint density at radius 1 is 1.17 bits per heavy atom. The maximum Gasteiger partial charge on any atom is 0.160 e. The molecule has 0 spiro atoms. The van der Waals surface area contributed by atoms with E-state index in [2.05, 4.69) is 10.4 Å². The lowest BCUT2D eigenvalue weighted by Crippen LogP contribution is -2.13. The van der Waals surface area contributed by atoms with E-state index in [1.807, 2.05) is 26.8 Å². The molecule has 1 N–H and O–H groups in total. The van der Waals surface area contributed by atoms with Gasteiger partial charge in [-0.1, -0.05) is 0 Å². The Bertz CT molecular complexity index is 561. The van der Waals surface area contributed by atoms with Gasteiger partial charge >= 0.3 is 0 Å². The summed E-state index contributed by atoms with van der Waals surface area (Å²) in [6, 6.07) is 5.82. The maximum absolute atomic E-state index is 13.2. The highest BCUT2D eigenvalue weighted by Crippen LogP contribution is 2.19. The molecule has 1 aromatic heterocycles. The summed E-state index contributed by atoms with van der Waals surface area (Å²) in [7, 11) is 0. The van der Waals surface area contributed by atoms with Gasteiger partial charge in [-0.3, -0.25) is 0 Å². The zero-order valence-corrected chi connectivity index (χ0v) is 10.5. The minimum absolute atomic E-state index is 0.227. The van der Waals surface area contributed by atoms with Crippen LogP contribution in [0, 0.1) is 18.6 Å². The Hall–Kier alpha value is -1.91.